The maximum Gasteiger partial charge on any atom is 0.223 e. The smallest absolute Gasteiger partial charge is 0.223 e. The molecule has 1 aliphatic heterocycles. The number of benzene rings is 2. The Hall–Kier alpha value is -1.84. The SMILES string of the molecule is CCCN(C(=O)CC(c1ccccc1)c1ccccc1)C1CCNC1.Cl. The minimum Gasteiger partial charge on any atom is -0.338 e. The van der Waals surface area contributed by atoms with Gasteiger partial charge in [-0.25, -0.2) is 0 Å². The first kappa shape index (κ1) is 20.5. The average molecular weight is 373 g/mol. The number of carbonyl (C=O) groups excluding carboxylic acids is 1. The Kier molecular flexibility index (Phi) is 8.14. The molecule has 3 nitrogen and oxygen atoms in total. The molecule has 1 amide bonds. The Labute approximate surface area is 163 Å². The van der Waals surface area contributed by atoms with Gasteiger partial charge in [-0.3, -0.25) is 4.79 Å². The van der Waals surface area contributed by atoms with Gasteiger partial charge in [-0.05, 0) is 30.5 Å². The van der Waals surface area contributed by atoms with E-state index in [0.717, 1.165) is 32.5 Å². The van der Waals surface area contributed by atoms with Gasteiger partial charge in [-0.15, -0.1) is 12.4 Å². The fraction of sp³-hybridized carbons (Fsp3) is 0.409. The van der Waals surface area contributed by atoms with E-state index in [9.17, 15) is 4.79 Å². The molecule has 26 heavy (non-hydrogen) atoms. The number of halogens is 1. The lowest BCUT2D eigenvalue weighted by Gasteiger charge is -2.30. The van der Waals surface area contributed by atoms with Gasteiger partial charge in [0.15, 0.2) is 0 Å². The summed E-state index contributed by atoms with van der Waals surface area (Å²) in [5.41, 5.74) is 2.42. The maximum absolute atomic E-state index is 13.2. The number of nitrogens with zero attached hydrogens (tertiary/aromatic N) is 1. The first-order valence-corrected chi connectivity index (χ1v) is 9.39. The zero-order valence-electron chi connectivity index (χ0n) is 15.4. The molecule has 0 aliphatic carbocycles. The van der Waals surface area contributed by atoms with Crippen LogP contribution in [0.25, 0.3) is 0 Å². The zero-order valence-corrected chi connectivity index (χ0v) is 16.3. The third-order valence-corrected chi connectivity index (χ3v) is 5.04. The van der Waals surface area contributed by atoms with Gasteiger partial charge in [0.05, 0.1) is 0 Å². The zero-order chi connectivity index (χ0) is 17.5. The Morgan fingerprint density at radius 2 is 1.65 bits per heavy atom. The minimum atomic E-state index is 0. The van der Waals surface area contributed by atoms with E-state index >= 15 is 0 Å². The maximum atomic E-state index is 13.2. The second kappa shape index (κ2) is 10.3. The van der Waals surface area contributed by atoms with Crippen LogP contribution in [0.5, 0.6) is 0 Å². The van der Waals surface area contributed by atoms with Gasteiger partial charge in [-0.1, -0.05) is 67.6 Å². The molecule has 1 heterocycles. The molecule has 1 N–H and O–H groups in total. The second-order valence-electron chi connectivity index (χ2n) is 6.81. The molecule has 1 fully saturated rings. The van der Waals surface area contributed by atoms with Crippen LogP contribution in [0.2, 0.25) is 0 Å². The van der Waals surface area contributed by atoms with Crippen molar-refractivity contribution in [1.29, 1.82) is 0 Å². The molecule has 3 rings (SSSR count). The average Bonchev–Trinajstić information content (AvgIpc) is 3.19. The predicted molar refractivity (Wildman–Crippen MR) is 110 cm³/mol. The normalized spacial score (nSPS) is 16.3. The number of nitrogens with one attached hydrogen (secondary N) is 1. The highest BCUT2D eigenvalue weighted by Crippen LogP contribution is 2.29. The molecule has 0 radical (unpaired) electrons. The third-order valence-electron chi connectivity index (χ3n) is 5.04. The van der Waals surface area contributed by atoms with Crippen molar-refractivity contribution in [2.75, 3.05) is 19.6 Å². The van der Waals surface area contributed by atoms with Crippen molar-refractivity contribution in [3.8, 4) is 0 Å². The van der Waals surface area contributed by atoms with E-state index in [1.807, 2.05) is 12.1 Å². The lowest BCUT2D eigenvalue weighted by atomic mass is 9.88. The summed E-state index contributed by atoms with van der Waals surface area (Å²) in [4.78, 5) is 15.3. The minimum absolute atomic E-state index is 0. The number of hydrogen-bond acceptors (Lipinski definition) is 2. The molecule has 0 spiro atoms. The van der Waals surface area contributed by atoms with E-state index in [-0.39, 0.29) is 24.2 Å². The molecule has 2 aromatic rings. The molecule has 140 valence electrons. The molecular weight excluding hydrogens is 344 g/mol. The lowest BCUT2D eigenvalue weighted by Crippen LogP contribution is -2.42. The summed E-state index contributed by atoms with van der Waals surface area (Å²) in [6.07, 6.45) is 2.60. The van der Waals surface area contributed by atoms with Gasteiger partial charge in [0, 0.05) is 31.5 Å². The van der Waals surface area contributed by atoms with Crippen LogP contribution in [0.3, 0.4) is 0 Å². The van der Waals surface area contributed by atoms with E-state index in [1.165, 1.54) is 11.1 Å². The highest BCUT2D eigenvalue weighted by Gasteiger charge is 2.28. The van der Waals surface area contributed by atoms with Crippen molar-refractivity contribution in [2.24, 2.45) is 0 Å². The van der Waals surface area contributed by atoms with Crippen molar-refractivity contribution in [2.45, 2.75) is 38.1 Å². The van der Waals surface area contributed by atoms with Crippen LogP contribution in [-0.4, -0.2) is 36.5 Å². The predicted octanol–water partition coefficient (Wildman–Crippen LogP) is 4.23. The first-order valence-electron chi connectivity index (χ1n) is 9.39. The van der Waals surface area contributed by atoms with Crippen molar-refractivity contribution in [3.05, 3.63) is 71.8 Å². The van der Waals surface area contributed by atoms with Crippen LogP contribution in [0.15, 0.2) is 60.7 Å². The summed E-state index contributed by atoms with van der Waals surface area (Å²) < 4.78 is 0. The van der Waals surface area contributed by atoms with E-state index < -0.39 is 0 Å². The number of amides is 1. The van der Waals surface area contributed by atoms with Crippen molar-refractivity contribution >= 4 is 18.3 Å². The summed E-state index contributed by atoms with van der Waals surface area (Å²) in [6, 6.07) is 21.2. The van der Waals surface area contributed by atoms with E-state index in [1.54, 1.807) is 0 Å². The first-order chi connectivity index (χ1) is 12.3. The van der Waals surface area contributed by atoms with E-state index in [4.69, 9.17) is 0 Å². The lowest BCUT2D eigenvalue weighted by molar-refractivity contribution is -0.133. The highest BCUT2D eigenvalue weighted by molar-refractivity contribution is 5.85. The fourth-order valence-corrected chi connectivity index (χ4v) is 3.75. The van der Waals surface area contributed by atoms with Gasteiger partial charge in [0.2, 0.25) is 5.91 Å². The van der Waals surface area contributed by atoms with Gasteiger partial charge < -0.3 is 10.2 Å². The fourth-order valence-electron chi connectivity index (χ4n) is 3.75. The third kappa shape index (κ3) is 5.09. The van der Waals surface area contributed by atoms with Crippen LogP contribution in [0.4, 0.5) is 0 Å². The van der Waals surface area contributed by atoms with Crippen LogP contribution in [0, 0.1) is 0 Å². The van der Waals surface area contributed by atoms with Crippen molar-refractivity contribution < 1.29 is 4.79 Å². The summed E-state index contributed by atoms with van der Waals surface area (Å²) >= 11 is 0. The van der Waals surface area contributed by atoms with Crippen molar-refractivity contribution in [3.63, 3.8) is 0 Å². The summed E-state index contributed by atoms with van der Waals surface area (Å²) in [6.45, 7) is 4.93. The molecule has 0 bridgehead atoms. The van der Waals surface area contributed by atoms with Gasteiger partial charge >= 0.3 is 0 Å². The number of carbonyl (C=O) groups is 1. The molecule has 0 aromatic heterocycles. The van der Waals surface area contributed by atoms with Gasteiger partial charge in [0.1, 0.15) is 0 Å². The highest BCUT2D eigenvalue weighted by atomic mass is 35.5. The largest absolute Gasteiger partial charge is 0.338 e. The second-order valence-corrected chi connectivity index (χ2v) is 6.81. The molecule has 1 aliphatic rings. The molecular formula is C22H29ClN2O. The van der Waals surface area contributed by atoms with E-state index in [2.05, 4.69) is 65.7 Å². The topological polar surface area (TPSA) is 32.3 Å². The number of hydrogen-bond donors (Lipinski definition) is 1. The van der Waals surface area contributed by atoms with Crippen LogP contribution < -0.4 is 5.32 Å². The standard InChI is InChI=1S/C22H28N2O.ClH/c1-2-15-24(20-13-14-23-17-20)22(25)16-21(18-9-5-3-6-10-18)19-11-7-4-8-12-19;/h3-12,20-21,23H,2,13-17H2,1H3;1H. The number of rotatable bonds is 7. The van der Waals surface area contributed by atoms with Gasteiger partial charge in [-0.2, -0.15) is 0 Å². The molecule has 0 saturated carbocycles. The molecule has 2 aromatic carbocycles. The van der Waals surface area contributed by atoms with Gasteiger partial charge in [0.25, 0.3) is 0 Å². The molecule has 1 atom stereocenters. The molecule has 1 unspecified atom stereocenters. The van der Waals surface area contributed by atoms with E-state index in [0.29, 0.717) is 12.5 Å². The van der Waals surface area contributed by atoms with Crippen LogP contribution in [0.1, 0.15) is 43.2 Å². The summed E-state index contributed by atoms with van der Waals surface area (Å²) in [5, 5.41) is 3.39. The monoisotopic (exact) mass is 372 g/mol. The Morgan fingerprint density at radius 1 is 1.08 bits per heavy atom. The summed E-state index contributed by atoms with van der Waals surface area (Å²) in [7, 11) is 0. The van der Waals surface area contributed by atoms with Crippen LogP contribution >= 0.6 is 12.4 Å². The summed E-state index contributed by atoms with van der Waals surface area (Å²) in [5.74, 6) is 0.386. The molecule has 4 heteroatoms. The van der Waals surface area contributed by atoms with Crippen molar-refractivity contribution in [1.82, 2.24) is 10.2 Å². The Balaban J connectivity index is 0.00000243. The van der Waals surface area contributed by atoms with Crippen LogP contribution in [-0.2, 0) is 4.79 Å². The molecule has 1 saturated heterocycles. The quantitative estimate of drug-likeness (QED) is 0.788. The Bertz CT molecular complexity index is 617. The Morgan fingerprint density at radius 3 is 2.12 bits per heavy atom.